The smallest absolute Gasteiger partial charge is 0.222 e. The molecule has 6 heteroatoms. The zero-order chi connectivity index (χ0) is 14.8. The Morgan fingerprint density at radius 1 is 1.35 bits per heavy atom. The van der Waals surface area contributed by atoms with Crippen LogP contribution in [0.4, 0.5) is 0 Å². The summed E-state index contributed by atoms with van der Waals surface area (Å²) < 4.78 is 5.29. The van der Waals surface area contributed by atoms with Crippen molar-refractivity contribution in [2.24, 2.45) is 0 Å². The summed E-state index contributed by atoms with van der Waals surface area (Å²) in [6, 6.07) is 0. The van der Waals surface area contributed by atoms with Gasteiger partial charge in [0, 0.05) is 52.6 Å². The van der Waals surface area contributed by atoms with Crippen LogP contribution < -0.4 is 5.32 Å². The van der Waals surface area contributed by atoms with Gasteiger partial charge in [0.15, 0.2) is 0 Å². The van der Waals surface area contributed by atoms with Crippen molar-refractivity contribution in [3.8, 4) is 0 Å². The minimum atomic E-state index is -0.0532. The summed E-state index contributed by atoms with van der Waals surface area (Å²) in [7, 11) is 0. The van der Waals surface area contributed by atoms with Crippen LogP contribution >= 0.6 is 0 Å². The molecule has 1 aliphatic heterocycles. The second kappa shape index (κ2) is 9.50. The molecule has 20 heavy (non-hydrogen) atoms. The third-order valence-corrected chi connectivity index (χ3v) is 3.29. The third kappa shape index (κ3) is 6.68. The number of ether oxygens (including phenoxy) is 1. The van der Waals surface area contributed by atoms with E-state index >= 15 is 0 Å². The molecule has 0 atom stereocenters. The number of nitrogens with zero attached hydrogens (tertiary/aromatic N) is 2. The van der Waals surface area contributed by atoms with Gasteiger partial charge < -0.3 is 15.0 Å². The van der Waals surface area contributed by atoms with Crippen molar-refractivity contribution in [2.75, 3.05) is 52.5 Å². The van der Waals surface area contributed by atoms with Crippen LogP contribution in [-0.2, 0) is 14.3 Å². The average Bonchev–Trinajstić information content (AvgIpc) is 2.45. The average molecular weight is 283 g/mol. The SMILES string of the molecule is C=CCNC(=O)CCN(CCN1CCOCC1)C(C)=O. The maximum Gasteiger partial charge on any atom is 0.222 e. The number of rotatable bonds is 8. The maximum atomic E-state index is 11.6. The van der Waals surface area contributed by atoms with Gasteiger partial charge in [0.2, 0.25) is 11.8 Å². The Hall–Kier alpha value is -1.40. The summed E-state index contributed by atoms with van der Waals surface area (Å²) in [5.74, 6) is -0.0442. The van der Waals surface area contributed by atoms with Crippen LogP contribution in [0, 0.1) is 0 Å². The topological polar surface area (TPSA) is 61.9 Å². The molecule has 6 nitrogen and oxygen atoms in total. The van der Waals surface area contributed by atoms with E-state index in [4.69, 9.17) is 4.74 Å². The van der Waals surface area contributed by atoms with Gasteiger partial charge in [-0.05, 0) is 0 Å². The predicted molar refractivity (Wildman–Crippen MR) is 77.3 cm³/mol. The van der Waals surface area contributed by atoms with E-state index in [2.05, 4.69) is 16.8 Å². The van der Waals surface area contributed by atoms with Crippen LogP contribution in [0.15, 0.2) is 12.7 Å². The highest BCUT2D eigenvalue weighted by atomic mass is 16.5. The summed E-state index contributed by atoms with van der Waals surface area (Å²) in [6.45, 7) is 10.8. The second-order valence-corrected chi connectivity index (χ2v) is 4.80. The van der Waals surface area contributed by atoms with Gasteiger partial charge in [-0.2, -0.15) is 0 Å². The first-order chi connectivity index (χ1) is 9.63. The number of hydrogen-bond donors (Lipinski definition) is 1. The Kier molecular flexibility index (Phi) is 7.91. The van der Waals surface area contributed by atoms with E-state index in [0.717, 1.165) is 32.8 Å². The predicted octanol–water partition coefficient (Wildman–Crippen LogP) is -0.141. The molecule has 0 spiro atoms. The molecule has 1 N–H and O–H groups in total. The highest BCUT2D eigenvalue weighted by Crippen LogP contribution is 1.99. The van der Waals surface area contributed by atoms with E-state index in [1.165, 1.54) is 0 Å². The summed E-state index contributed by atoms with van der Waals surface area (Å²) in [5, 5.41) is 2.71. The number of hydrogen-bond acceptors (Lipinski definition) is 4. The quantitative estimate of drug-likeness (QED) is 0.630. The number of carbonyl (C=O) groups is 2. The summed E-state index contributed by atoms with van der Waals surface area (Å²) >= 11 is 0. The third-order valence-electron chi connectivity index (χ3n) is 3.29. The van der Waals surface area contributed by atoms with Crippen molar-refractivity contribution in [1.29, 1.82) is 0 Å². The van der Waals surface area contributed by atoms with Crippen LogP contribution in [0.1, 0.15) is 13.3 Å². The van der Waals surface area contributed by atoms with Gasteiger partial charge >= 0.3 is 0 Å². The molecule has 0 bridgehead atoms. The Balaban J connectivity index is 2.26. The summed E-state index contributed by atoms with van der Waals surface area (Å²) in [5.41, 5.74) is 0. The molecule has 1 rings (SSSR count). The van der Waals surface area contributed by atoms with Gasteiger partial charge in [0.25, 0.3) is 0 Å². The van der Waals surface area contributed by atoms with E-state index in [1.807, 2.05) is 0 Å². The van der Waals surface area contributed by atoms with Crippen molar-refractivity contribution >= 4 is 11.8 Å². The first-order valence-electron chi connectivity index (χ1n) is 7.06. The fourth-order valence-corrected chi connectivity index (χ4v) is 2.02. The second-order valence-electron chi connectivity index (χ2n) is 4.80. The van der Waals surface area contributed by atoms with Gasteiger partial charge in [0.05, 0.1) is 13.2 Å². The Morgan fingerprint density at radius 3 is 2.65 bits per heavy atom. The Morgan fingerprint density at radius 2 is 2.05 bits per heavy atom. The molecule has 0 aromatic rings. The van der Waals surface area contributed by atoms with Gasteiger partial charge in [-0.1, -0.05) is 6.08 Å². The molecule has 0 aromatic heterocycles. The van der Waals surface area contributed by atoms with Crippen LogP contribution in [-0.4, -0.2) is 74.1 Å². The minimum absolute atomic E-state index is 0.00906. The van der Waals surface area contributed by atoms with E-state index in [1.54, 1.807) is 17.9 Å². The molecule has 1 saturated heterocycles. The molecule has 0 aliphatic carbocycles. The molecule has 1 fully saturated rings. The zero-order valence-corrected chi connectivity index (χ0v) is 12.3. The number of morpholine rings is 1. The molecule has 0 radical (unpaired) electrons. The fraction of sp³-hybridized carbons (Fsp3) is 0.714. The van der Waals surface area contributed by atoms with Crippen LogP contribution in [0.2, 0.25) is 0 Å². The zero-order valence-electron chi connectivity index (χ0n) is 12.3. The van der Waals surface area contributed by atoms with Crippen molar-refractivity contribution < 1.29 is 14.3 Å². The number of nitrogens with one attached hydrogen (secondary N) is 1. The van der Waals surface area contributed by atoms with E-state index in [0.29, 0.717) is 26.1 Å². The van der Waals surface area contributed by atoms with Gasteiger partial charge in [-0.15, -0.1) is 6.58 Å². The fourth-order valence-electron chi connectivity index (χ4n) is 2.02. The highest BCUT2D eigenvalue weighted by molar-refractivity contribution is 5.78. The molecular formula is C14H25N3O3. The van der Waals surface area contributed by atoms with Crippen LogP contribution in [0.25, 0.3) is 0 Å². The van der Waals surface area contributed by atoms with Crippen molar-refractivity contribution in [3.63, 3.8) is 0 Å². The molecule has 2 amide bonds. The molecule has 0 saturated carbocycles. The van der Waals surface area contributed by atoms with Crippen molar-refractivity contribution in [2.45, 2.75) is 13.3 Å². The minimum Gasteiger partial charge on any atom is -0.379 e. The molecule has 1 heterocycles. The first kappa shape index (κ1) is 16.7. The van der Waals surface area contributed by atoms with Crippen molar-refractivity contribution in [1.82, 2.24) is 15.1 Å². The highest BCUT2D eigenvalue weighted by Gasteiger charge is 2.14. The lowest BCUT2D eigenvalue weighted by molar-refractivity contribution is -0.130. The molecule has 0 unspecified atom stereocenters. The number of carbonyl (C=O) groups excluding carboxylic acids is 2. The molecule has 1 aliphatic rings. The van der Waals surface area contributed by atoms with E-state index in [9.17, 15) is 9.59 Å². The van der Waals surface area contributed by atoms with Crippen LogP contribution in [0.5, 0.6) is 0 Å². The summed E-state index contributed by atoms with van der Waals surface area (Å²) in [6.07, 6.45) is 1.97. The Bertz CT molecular complexity index is 328. The van der Waals surface area contributed by atoms with Gasteiger partial charge in [-0.3, -0.25) is 14.5 Å². The monoisotopic (exact) mass is 283 g/mol. The van der Waals surface area contributed by atoms with Gasteiger partial charge in [0.1, 0.15) is 0 Å². The van der Waals surface area contributed by atoms with Crippen LogP contribution in [0.3, 0.4) is 0 Å². The van der Waals surface area contributed by atoms with E-state index in [-0.39, 0.29) is 11.8 Å². The Labute approximate surface area is 120 Å². The normalized spacial score (nSPS) is 15.7. The molecule has 0 aromatic carbocycles. The lowest BCUT2D eigenvalue weighted by atomic mass is 10.3. The first-order valence-corrected chi connectivity index (χ1v) is 7.06. The number of amides is 2. The summed E-state index contributed by atoms with van der Waals surface area (Å²) in [4.78, 5) is 27.1. The van der Waals surface area contributed by atoms with Gasteiger partial charge in [-0.25, -0.2) is 0 Å². The van der Waals surface area contributed by atoms with Crippen molar-refractivity contribution in [3.05, 3.63) is 12.7 Å². The lowest BCUT2D eigenvalue weighted by Gasteiger charge is -2.29. The maximum absolute atomic E-state index is 11.6. The largest absolute Gasteiger partial charge is 0.379 e. The molecule has 114 valence electrons. The molecular weight excluding hydrogens is 258 g/mol. The standard InChI is InChI=1S/C14H25N3O3/c1-3-5-15-14(19)4-6-17(13(2)18)8-7-16-9-11-20-12-10-16/h3H,1,4-12H2,2H3,(H,15,19). The van der Waals surface area contributed by atoms with E-state index < -0.39 is 0 Å². The lowest BCUT2D eigenvalue weighted by Crippen LogP contribution is -2.43.